The van der Waals surface area contributed by atoms with Gasteiger partial charge in [0.1, 0.15) is 5.52 Å². The maximum atomic E-state index is 5.80. The summed E-state index contributed by atoms with van der Waals surface area (Å²) in [5, 5.41) is 3.72. The Hall–Kier alpha value is -2.44. The summed E-state index contributed by atoms with van der Waals surface area (Å²) in [7, 11) is 0. The van der Waals surface area contributed by atoms with Gasteiger partial charge in [0.2, 0.25) is 12.3 Å². The van der Waals surface area contributed by atoms with Crippen LogP contribution in [0.3, 0.4) is 0 Å². The highest BCUT2D eigenvalue weighted by molar-refractivity contribution is 5.73. The van der Waals surface area contributed by atoms with Gasteiger partial charge in [0.05, 0.1) is 6.54 Å². The van der Waals surface area contributed by atoms with Crippen molar-refractivity contribution in [2.24, 2.45) is 0 Å². The number of anilines is 1. The Balaban J connectivity index is 2.12. The first kappa shape index (κ1) is 8.84. The largest absolute Gasteiger partial charge is 0.369 e. The number of nitrogen functional groups attached to an aromatic ring is 1. The zero-order valence-electron chi connectivity index (χ0n) is 8.24. The molecule has 0 fully saturated rings. The van der Waals surface area contributed by atoms with Crippen LogP contribution in [-0.4, -0.2) is 24.7 Å². The van der Waals surface area contributed by atoms with Crippen LogP contribution < -0.4 is 5.73 Å². The number of fused-ring (bicyclic) bond motifs is 1. The maximum absolute atomic E-state index is 5.80. The van der Waals surface area contributed by atoms with E-state index in [4.69, 9.17) is 5.73 Å². The van der Waals surface area contributed by atoms with E-state index in [1.165, 1.54) is 6.39 Å². The molecule has 0 aromatic carbocycles. The summed E-state index contributed by atoms with van der Waals surface area (Å²) in [5.74, 6) is 0.926. The lowest BCUT2D eigenvalue weighted by Gasteiger charge is -2.00. The van der Waals surface area contributed by atoms with Crippen LogP contribution in [0.15, 0.2) is 29.2 Å². The quantitative estimate of drug-likeness (QED) is 0.667. The Morgan fingerprint density at radius 3 is 3.12 bits per heavy atom. The standard InChI is InChI=1S/C9H8N6O/c10-9-13-6-2-1-3-11-8(6)15(9)4-7-12-5-16-14-7/h1-3,5H,4H2,(H2,10,13). The third-order valence-electron chi connectivity index (χ3n) is 2.24. The van der Waals surface area contributed by atoms with Crippen molar-refractivity contribution in [2.45, 2.75) is 6.54 Å². The van der Waals surface area contributed by atoms with Gasteiger partial charge in [0.25, 0.3) is 0 Å². The molecule has 0 radical (unpaired) electrons. The predicted molar refractivity (Wildman–Crippen MR) is 55.3 cm³/mol. The molecule has 0 atom stereocenters. The van der Waals surface area contributed by atoms with E-state index in [1.807, 2.05) is 12.1 Å². The Morgan fingerprint density at radius 1 is 1.38 bits per heavy atom. The van der Waals surface area contributed by atoms with Crippen molar-refractivity contribution in [3.8, 4) is 0 Å². The Labute approximate surface area is 89.9 Å². The van der Waals surface area contributed by atoms with Crippen LogP contribution in [0.2, 0.25) is 0 Å². The first-order chi connectivity index (χ1) is 7.84. The number of hydrogen-bond donors (Lipinski definition) is 1. The third kappa shape index (κ3) is 1.29. The van der Waals surface area contributed by atoms with Crippen LogP contribution in [0.5, 0.6) is 0 Å². The van der Waals surface area contributed by atoms with Crippen LogP contribution in [0.4, 0.5) is 5.95 Å². The van der Waals surface area contributed by atoms with Crippen LogP contribution in [-0.2, 0) is 6.54 Å². The van der Waals surface area contributed by atoms with Crippen molar-refractivity contribution >= 4 is 17.1 Å². The van der Waals surface area contributed by atoms with Gasteiger partial charge in [-0.3, -0.25) is 4.57 Å². The second-order valence-corrected chi connectivity index (χ2v) is 3.25. The van der Waals surface area contributed by atoms with Gasteiger partial charge in [-0.25, -0.2) is 9.97 Å². The molecule has 0 aliphatic heterocycles. The zero-order chi connectivity index (χ0) is 11.0. The van der Waals surface area contributed by atoms with E-state index >= 15 is 0 Å². The Kier molecular flexibility index (Phi) is 1.82. The highest BCUT2D eigenvalue weighted by Gasteiger charge is 2.10. The van der Waals surface area contributed by atoms with Crippen LogP contribution in [0.1, 0.15) is 5.82 Å². The van der Waals surface area contributed by atoms with Gasteiger partial charge >= 0.3 is 0 Å². The smallest absolute Gasteiger partial charge is 0.213 e. The molecule has 80 valence electrons. The molecular formula is C9H8N6O. The lowest BCUT2D eigenvalue weighted by Crippen LogP contribution is -2.06. The van der Waals surface area contributed by atoms with E-state index in [0.717, 1.165) is 5.52 Å². The maximum Gasteiger partial charge on any atom is 0.213 e. The number of nitrogens with two attached hydrogens (primary N) is 1. The van der Waals surface area contributed by atoms with Gasteiger partial charge in [-0.2, -0.15) is 4.98 Å². The summed E-state index contributed by atoms with van der Waals surface area (Å²) < 4.78 is 6.40. The molecule has 0 saturated heterocycles. The van der Waals surface area contributed by atoms with Crippen molar-refractivity contribution < 1.29 is 4.52 Å². The first-order valence-corrected chi connectivity index (χ1v) is 4.66. The van der Waals surface area contributed by atoms with Gasteiger partial charge in [0.15, 0.2) is 11.5 Å². The van der Waals surface area contributed by atoms with E-state index < -0.39 is 0 Å². The summed E-state index contributed by atoms with van der Waals surface area (Å²) in [4.78, 5) is 12.3. The van der Waals surface area contributed by atoms with Crippen LogP contribution in [0.25, 0.3) is 11.2 Å². The monoisotopic (exact) mass is 216 g/mol. The highest BCUT2D eigenvalue weighted by Crippen LogP contribution is 2.15. The molecule has 7 heteroatoms. The lowest BCUT2D eigenvalue weighted by molar-refractivity contribution is 0.408. The molecule has 0 saturated carbocycles. The summed E-state index contributed by atoms with van der Waals surface area (Å²) in [6.07, 6.45) is 2.97. The second kappa shape index (κ2) is 3.30. The normalized spacial score (nSPS) is 11.0. The topological polar surface area (TPSA) is 95.7 Å². The lowest BCUT2D eigenvalue weighted by atomic mass is 10.4. The van der Waals surface area contributed by atoms with Gasteiger partial charge < -0.3 is 10.3 Å². The minimum Gasteiger partial charge on any atom is -0.369 e. The average molecular weight is 216 g/mol. The molecule has 3 rings (SSSR count). The molecule has 0 unspecified atom stereocenters. The molecule has 7 nitrogen and oxygen atoms in total. The minimum atomic E-state index is 0.388. The van der Waals surface area contributed by atoms with Crippen LogP contribution in [0, 0.1) is 0 Å². The predicted octanol–water partition coefficient (Wildman–Crippen LogP) is 0.445. The summed E-state index contributed by atoms with van der Waals surface area (Å²) in [5.41, 5.74) is 7.26. The highest BCUT2D eigenvalue weighted by atomic mass is 16.5. The minimum absolute atomic E-state index is 0.388. The molecular weight excluding hydrogens is 208 g/mol. The third-order valence-corrected chi connectivity index (χ3v) is 2.24. The fourth-order valence-electron chi connectivity index (χ4n) is 1.54. The van der Waals surface area contributed by atoms with Crippen molar-refractivity contribution in [3.05, 3.63) is 30.5 Å². The molecule has 0 aliphatic carbocycles. The van der Waals surface area contributed by atoms with Gasteiger partial charge in [-0.15, -0.1) is 0 Å². The average Bonchev–Trinajstić information content (AvgIpc) is 2.89. The number of hydrogen-bond acceptors (Lipinski definition) is 6. The molecule has 0 amide bonds. The van der Waals surface area contributed by atoms with Gasteiger partial charge in [-0.05, 0) is 12.1 Å². The van der Waals surface area contributed by atoms with Crippen molar-refractivity contribution in [1.82, 2.24) is 24.7 Å². The van der Waals surface area contributed by atoms with Gasteiger partial charge in [0, 0.05) is 6.20 Å². The van der Waals surface area contributed by atoms with Crippen molar-refractivity contribution in [2.75, 3.05) is 5.73 Å². The summed E-state index contributed by atoms with van der Waals surface area (Å²) >= 11 is 0. The second-order valence-electron chi connectivity index (χ2n) is 3.25. The van der Waals surface area contributed by atoms with Crippen molar-refractivity contribution in [1.29, 1.82) is 0 Å². The molecule has 3 heterocycles. The van der Waals surface area contributed by atoms with E-state index in [9.17, 15) is 0 Å². The van der Waals surface area contributed by atoms with Gasteiger partial charge in [-0.1, -0.05) is 5.16 Å². The number of pyridine rings is 1. The molecule has 16 heavy (non-hydrogen) atoms. The number of aromatic nitrogens is 5. The molecule has 2 N–H and O–H groups in total. The van der Waals surface area contributed by atoms with Crippen molar-refractivity contribution in [3.63, 3.8) is 0 Å². The fraction of sp³-hybridized carbons (Fsp3) is 0.111. The first-order valence-electron chi connectivity index (χ1n) is 4.66. The van der Waals surface area contributed by atoms with E-state index in [2.05, 4.69) is 24.6 Å². The molecule has 0 bridgehead atoms. The molecule has 0 spiro atoms. The van der Waals surface area contributed by atoms with E-state index in [1.54, 1.807) is 10.8 Å². The van der Waals surface area contributed by atoms with E-state index in [0.29, 0.717) is 24.0 Å². The zero-order valence-corrected chi connectivity index (χ0v) is 8.24. The fourth-order valence-corrected chi connectivity index (χ4v) is 1.54. The number of rotatable bonds is 2. The molecule has 0 aliphatic rings. The number of nitrogens with zero attached hydrogens (tertiary/aromatic N) is 5. The summed E-state index contributed by atoms with van der Waals surface area (Å²) in [6, 6.07) is 3.67. The molecule has 3 aromatic rings. The Bertz CT molecular complexity index is 614. The molecule has 3 aromatic heterocycles. The SMILES string of the molecule is Nc1nc2cccnc2n1Cc1ncon1. The summed E-state index contributed by atoms with van der Waals surface area (Å²) in [6.45, 7) is 0.399. The van der Waals surface area contributed by atoms with Crippen LogP contribution >= 0.6 is 0 Å². The number of imidazole rings is 1. The Morgan fingerprint density at radius 2 is 2.31 bits per heavy atom. The van der Waals surface area contributed by atoms with E-state index in [-0.39, 0.29) is 0 Å².